The lowest BCUT2D eigenvalue weighted by molar-refractivity contribution is 0.104. The maximum Gasteiger partial charge on any atom is 0.198 e. The molecule has 0 saturated heterocycles. The van der Waals surface area contributed by atoms with Gasteiger partial charge in [-0.25, -0.2) is 0 Å². The number of aromatic amines is 1. The molecule has 0 atom stereocenters. The fourth-order valence-electron chi connectivity index (χ4n) is 3.54. The van der Waals surface area contributed by atoms with E-state index in [1.54, 1.807) is 0 Å². The third kappa shape index (κ3) is 2.09. The molecule has 0 bridgehead atoms. The SMILES string of the molecule is Nc1cccc(-c2ccc(-c3n[nH]c4c3C(=O)c3ccccc3-4)cc2)c1. The first-order chi connectivity index (χ1) is 12.7. The molecule has 0 fully saturated rings. The molecular formula is C22H15N3O. The Hall–Kier alpha value is -3.66. The molecule has 4 aromatic rings. The van der Waals surface area contributed by atoms with E-state index in [0.717, 1.165) is 39.2 Å². The standard InChI is InChI=1S/C22H15N3O/c23-16-5-3-4-15(12-16)13-8-10-14(11-9-13)20-19-21(25-24-20)17-6-1-2-7-18(17)22(19)26/h1-12H,23H2,(H,24,25). The van der Waals surface area contributed by atoms with Crippen molar-refractivity contribution in [3.05, 3.63) is 83.9 Å². The molecule has 4 nitrogen and oxygen atoms in total. The van der Waals surface area contributed by atoms with Crippen LogP contribution in [0.25, 0.3) is 33.6 Å². The highest BCUT2D eigenvalue weighted by Crippen LogP contribution is 2.40. The van der Waals surface area contributed by atoms with Gasteiger partial charge in [-0.3, -0.25) is 9.89 Å². The first-order valence-electron chi connectivity index (χ1n) is 8.41. The van der Waals surface area contributed by atoms with E-state index in [2.05, 4.69) is 10.2 Å². The zero-order valence-corrected chi connectivity index (χ0v) is 13.9. The lowest BCUT2D eigenvalue weighted by atomic mass is 10.00. The van der Waals surface area contributed by atoms with Crippen LogP contribution in [0.1, 0.15) is 15.9 Å². The molecule has 3 aromatic carbocycles. The number of nitrogens with one attached hydrogen (secondary N) is 1. The second kappa shape index (κ2) is 5.43. The van der Waals surface area contributed by atoms with Gasteiger partial charge in [0.25, 0.3) is 0 Å². The topological polar surface area (TPSA) is 71.8 Å². The van der Waals surface area contributed by atoms with E-state index in [9.17, 15) is 4.79 Å². The molecule has 4 heteroatoms. The van der Waals surface area contributed by atoms with Crippen molar-refractivity contribution in [3.63, 3.8) is 0 Å². The first kappa shape index (κ1) is 14.7. The average molecular weight is 337 g/mol. The molecule has 124 valence electrons. The summed E-state index contributed by atoms with van der Waals surface area (Å²) in [6, 6.07) is 23.4. The fraction of sp³-hybridized carbons (Fsp3) is 0. The number of anilines is 1. The molecule has 0 spiro atoms. The minimum atomic E-state index is 0.0271. The normalized spacial score (nSPS) is 12.1. The Kier molecular flexibility index (Phi) is 3.06. The average Bonchev–Trinajstić information content (AvgIpc) is 3.23. The van der Waals surface area contributed by atoms with Crippen molar-refractivity contribution in [2.75, 3.05) is 5.73 Å². The number of fused-ring (bicyclic) bond motifs is 3. The van der Waals surface area contributed by atoms with Crippen molar-refractivity contribution < 1.29 is 4.79 Å². The zero-order chi connectivity index (χ0) is 17.7. The van der Waals surface area contributed by atoms with Crippen LogP contribution in [0.4, 0.5) is 5.69 Å². The van der Waals surface area contributed by atoms with E-state index in [1.807, 2.05) is 72.8 Å². The third-order valence-electron chi connectivity index (χ3n) is 4.81. The zero-order valence-electron chi connectivity index (χ0n) is 13.9. The highest BCUT2D eigenvalue weighted by Gasteiger charge is 2.32. The Morgan fingerprint density at radius 3 is 2.27 bits per heavy atom. The number of ketones is 1. The Labute approximate surface area is 150 Å². The van der Waals surface area contributed by atoms with Gasteiger partial charge < -0.3 is 5.73 Å². The second-order valence-corrected chi connectivity index (χ2v) is 6.40. The van der Waals surface area contributed by atoms with Crippen molar-refractivity contribution in [2.24, 2.45) is 0 Å². The van der Waals surface area contributed by atoms with Gasteiger partial charge in [0.05, 0.1) is 11.3 Å². The number of rotatable bonds is 2. The van der Waals surface area contributed by atoms with Gasteiger partial charge in [0.15, 0.2) is 5.78 Å². The van der Waals surface area contributed by atoms with E-state index in [1.165, 1.54) is 0 Å². The summed E-state index contributed by atoms with van der Waals surface area (Å²) < 4.78 is 0. The number of benzene rings is 3. The molecule has 5 rings (SSSR count). The van der Waals surface area contributed by atoms with Crippen LogP contribution >= 0.6 is 0 Å². The molecule has 3 N–H and O–H groups in total. The summed E-state index contributed by atoms with van der Waals surface area (Å²) in [6.07, 6.45) is 0. The maximum atomic E-state index is 12.8. The summed E-state index contributed by atoms with van der Waals surface area (Å²) in [5.41, 5.74) is 13.5. The van der Waals surface area contributed by atoms with Crippen molar-refractivity contribution in [2.45, 2.75) is 0 Å². The van der Waals surface area contributed by atoms with Crippen molar-refractivity contribution >= 4 is 11.5 Å². The minimum Gasteiger partial charge on any atom is -0.399 e. The number of aromatic nitrogens is 2. The van der Waals surface area contributed by atoms with E-state index in [0.29, 0.717) is 11.3 Å². The lowest BCUT2D eigenvalue weighted by Crippen LogP contribution is -1.97. The van der Waals surface area contributed by atoms with Crippen molar-refractivity contribution in [1.29, 1.82) is 0 Å². The van der Waals surface area contributed by atoms with Gasteiger partial charge in [0.1, 0.15) is 5.69 Å². The smallest absolute Gasteiger partial charge is 0.198 e. The fourth-order valence-corrected chi connectivity index (χ4v) is 3.54. The summed E-state index contributed by atoms with van der Waals surface area (Å²) in [6.45, 7) is 0. The summed E-state index contributed by atoms with van der Waals surface area (Å²) in [5, 5.41) is 7.45. The predicted molar refractivity (Wildman–Crippen MR) is 103 cm³/mol. The number of H-pyrrole nitrogens is 1. The molecule has 1 aliphatic carbocycles. The van der Waals surface area contributed by atoms with Crippen molar-refractivity contribution in [3.8, 4) is 33.6 Å². The molecule has 0 radical (unpaired) electrons. The van der Waals surface area contributed by atoms with Crippen LogP contribution in [-0.4, -0.2) is 16.0 Å². The van der Waals surface area contributed by atoms with Crippen LogP contribution in [0.2, 0.25) is 0 Å². The van der Waals surface area contributed by atoms with E-state index < -0.39 is 0 Å². The van der Waals surface area contributed by atoms with E-state index >= 15 is 0 Å². The monoisotopic (exact) mass is 337 g/mol. The maximum absolute atomic E-state index is 12.8. The Balaban J connectivity index is 1.57. The molecule has 0 unspecified atom stereocenters. The molecule has 26 heavy (non-hydrogen) atoms. The second-order valence-electron chi connectivity index (χ2n) is 6.40. The predicted octanol–water partition coefficient (Wildman–Crippen LogP) is 4.54. The Bertz CT molecular complexity index is 1160. The van der Waals surface area contributed by atoms with Gasteiger partial charge in [-0.1, -0.05) is 60.7 Å². The number of carbonyl (C=O) groups excluding carboxylic acids is 1. The number of hydrogen-bond donors (Lipinski definition) is 2. The highest BCUT2D eigenvalue weighted by atomic mass is 16.1. The molecule has 1 heterocycles. The molecule has 1 aliphatic rings. The van der Waals surface area contributed by atoms with Gasteiger partial charge in [-0.15, -0.1) is 0 Å². The quantitative estimate of drug-likeness (QED) is 0.465. The van der Waals surface area contributed by atoms with Gasteiger partial charge >= 0.3 is 0 Å². The van der Waals surface area contributed by atoms with Crippen LogP contribution < -0.4 is 5.73 Å². The summed E-state index contributed by atoms with van der Waals surface area (Å²) in [5.74, 6) is 0.0271. The minimum absolute atomic E-state index is 0.0271. The first-order valence-corrected chi connectivity index (χ1v) is 8.41. The molecular weight excluding hydrogens is 322 g/mol. The molecule has 0 aliphatic heterocycles. The Morgan fingerprint density at radius 1 is 0.769 bits per heavy atom. The summed E-state index contributed by atoms with van der Waals surface area (Å²) in [4.78, 5) is 12.8. The Morgan fingerprint density at radius 2 is 1.50 bits per heavy atom. The third-order valence-corrected chi connectivity index (χ3v) is 4.81. The van der Waals surface area contributed by atoms with Crippen molar-refractivity contribution in [1.82, 2.24) is 10.2 Å². The van der Waals surface area contributed by atoms with E-state index in [4.69, 9.17) is 5.73 Å². The number of nitrogen functional groups attached to an aromatic ring is 1. The van der Waals surface area contributed by atoms with Gasteiger partial charge in [-0.2, -0.15) is 5.10 Å². The largest absolute Gasteiger partial charge is 0.399 e. The number of nitrogens with zero attached hydrogens (tertiary/aromatic N) is 1. The van der Waals surface area contributed by atoms with Gasteiger partial charge in [0, 0.05) is 22.4 Å². The molecule has 0 amide bonds. The van der Waals surface area contributed by atoms with Gasteiger partial charge in [0.2, 0.25) is 0 Å². The van der Waals surface area contributed by atoms with Crippen LogP contribution in [-0.2, 0) is 0 Å². The van der Waals surface area contributed by atoms with Crippen LogP contribution in [0.3, 0.4) is 0 Å². The number of nitrogens with two attached hydrogens (primary N) is 1. The van der Waals surface area contributed by atoms with Crippen LogP contribution in [0.15, 0.2) is 72.8 Å². The van der Waals surface area contributed by atoms with Gasteiger partial charge in [-0.05, 0) is 23.3 Å². The van der Waals surface area contributed by atoms with Crippen LogP contribution in [0.5, 0.6) is 0 Å². The lowest BCUT2D eigenvalue weighted by Gasteiger charge is -2.05. The highest BCUT2D eigenvalue weighted by molar-refractivity contribution is 6.23. The number of carbonyl (C=O) groups is 1. The summed E-state index contributed by atoms with van der Waals surface area (Å²) in [7, 11) is 0. The number of hydrogen-bond acceptors (Lipinski definition) is 3. The molecule has 0 saturated carbocycles. The van der Waals surface area contributed by atoms with E-state index in [-0.39, 0.29) is 5.78 Å². The van der Waals surface area contributed by atoms with Crippen LogP contribution in [0, 0.1) is 0 Å². The molecule has 1 aromatic heterocycles. The summed E-state index contributed by atoms with van der Waals surface area (Å²) >= 11 is 0.